The Balaban J connectivity index is 1.43. The molecule has 6 nitrogen and oxygen atoms in total. The van der Waals surface area contributed by atoms with Gasteiger partial charge in [0.05, 0.1) is 25.8 Å². The van der Waals surface area contributed by atoms with E-state index in [-0.39, 0.29) is 5.91 Å². The van der Waals surface area contributed by atoms with Crippen molar-refractivity contribution in [2.75, 3.05) is 20.3 Å². The van der Waals surface area contributed by atoms with E-state index in [0.717, 1.165) is 21.9 Å². The third kappa shape index (κ3) is 5.03. The molecule has 1 N–H and O–H groups in total. The molecule has 3 rings (SSSR count). The topological polar surface area (TPSA) is 73.3 Å². The summed E-state index contributed by atoms with van der Waals surface area (Å²) in [6.45, 7) is 0.763. The number of hydrogen-bond acceptors (Lipinski definition) is 6. The lowest BCUT2D eigenvalue weighted by atomic mass is 10.1. The van der Waals surface area contributed by atoms with Gasteiger partial charge in [-0.15, -0.1) is 21.5 Å². The number of amides is 1. The summed E-state index contributed by atoms with van der Waals surface area (Å²) >= 11 is 1.57. The van der Waals surface area contributed by atoms with Crippen molar-refractivity contribution in [2.24, 2.45) is 0 Å². The first-order valence-corrected chi connectivity index (χ1v) is 9.02. The predicted octanol–water partition coefficient (Wildman–Crippen LogP) is 2.95. The standard InChI is InChI=1S/C19H19N3O3S/c1-24-15-6-4-14(5-7-15)17-8-9-19(22-21-17)25-11-10-20-18(23)13-16-3-2-12-26-16/h2-9,12H,10-11,13H2,1H3,(H,20,23). The highest BCUT2D eigenvalue weighted by atomic mass is 32.1. The molecule has 3 aromatic rings. The van der Waals surface area contributed by atoms with Crippen molar-refractivity contribution in [3.8, 4) is 22.9 Å². The van der Waals surface area contributed by atoms with E-state index in [2.05, 4.69) is 15.5 Å². The second kappa shape index (κ2) is 8.96. The Bertz CT molecular complexity index is 818. The van der Waals surface area contributed by atoms with E-state index in [0.29, 0.717) is 25.5 Å². The largest absolute Gasteiger partial charge is 0.497 e. The molecule has 0 fully saturated rings. The average Bonchev–Trinajstić information content (AvgIpc) is 3.19. The number of aromatic nitrogens is 2. The van der Waals surface area contributed by atoms with Gasteiger partial charge in [0.1, 0.15) is 12.4 Å². The lowest BCUT2D eigenvalue weighted by Crippen LogP contribution is -2.29. The van der Waals surface area contributed by atoms with Gasteiger partial charge in [0.25, 0.3) is 0 Å². The maximum Gasteiger partial charge on any atom is 0.233 e. The normalized spacial score (nSPS) is 10.3. The predicted molar refractivity (Wildman–Crippen MR) is 101 cm³/mol. The van der Waals surface area contributed by atoms with Gasteiger partial charge in [0.2, 0.25) is 11.8 Å². The summed E-state index contributed by atoms with van der Waals surface area (Å²) in [5, 5.41) is 13.0. The zero-order chi connectivity index (χ0) is 18.2. The van der Waals surface area contributed by atoms with Gasteiger partial charge >= 0.3 is 0 Å². The van der Waals surface area contributed by atoms with Gasteiger partial charge in [-0.3, -0.25) is 4.79 Å². The van der Waals surface area contributed by atoms with Crippen molar-refractivity contribution >= 4 is 17.2 Å². The lowest BCUT2D eigenvalue weighted by molar-refractivity contribution is -0.120. The molecule has 26 heavy (non-hydrogen) atoms. The lowest BCUT2D eigenvalue weighted by Gasteiger charge is -2.07. The summed E-state index contributed by atoms with van der Waals surface area (Å²) < 4.78 is 10.7. The van der Waals surface area contributed by atoms with Crippen LogP contribution in [0.25, 0.3) is 11.3 Å². The van der Waals surface area contributed by atoms with Crippen molar-refractivity contribution in [1.82, 2.24) is 15.5 Å². The Hall–Kier alpha value is -2.93. The average molecular weight is 369 g/mol. The first-order chi connectivity index (χ1) is 12.7. The van der Waals surface area contributed by atoms with E-state index in [1.807, 2.05) is 47.8 Å². The monoisotopic (exact) mass is 369 g/mol. The van der Waals surface area contributed by atoms with Gasteiger partial charge in [0, 0.05) is 16.5 Å². The van der Waals surface area contributed by atoms with Crippen LogP contribution in [0.2, 0.25) is 0 Å². The first-order valence-electron chi connectivity index (χ1n) is 8.14. The summed E-state index contributed by atoms with van der Waals surface area (Å²) in [6, 6.07) is 15.1. The Morgan fingerprint density at radius 2 is 1.96 bits per heavy atom. The molecule has 2 heterocycles. The molecule has 0 saturated carbocycles. The molecule has 0 spiro atoms. The minimum absolute atomic E-state index is 0.0167. The van der Waals surface area contributed by atoms with E-state index >= 15 is 0 Å². The van der Waals surface area contributed by atoms with Gasteiger partial charge in [-0.2, -0.15) is 0 Å². The number of rotatable bonds is 8. The van der Waals surface area contributed by atoms with Crippen LogP contribution in [0.1, 0.15) is 4.88 Å². The van der Waals surface area contributed by atoms with Gasteiger partial charge < -0.3 is 14.8 Å². The fourth-order valence-corrected chi connectivity index (χ4v) is 3.00. The fourth-order valence-electron chi connectivity index (χ4n) is 2.29. The maximum atomic E-state index is 11.8. The van der Waals surface area contributed by atoms with E-state index in [1.165, 1.54) is 0 Å². The second-order valence-electron chi connectivity index (χ2n) is 5.44. The van der Waals surface area contributed by atoms with Gasteiger partial charge in [-0.05, 0) is 41.8 Å². The summed E-state index contributed by atoms with van der Waals surface area (Å²) in [5.74, 6) is 1.20. The maximum absolute atomic E-state index is 11.8. The molecular weight excluding hydrogens is 350 g/mol. The van der Waals surface area contributed by atoms with Crippen molar-refractivity contribution in [3.05, 3.63) is 58.8 Å². The molecule has 1 amide bonds. The van der Waals surface area contributed by atoms with Crippen LogP contribution in [0.15, 0.2) is 53.9 Å². The van der Waals surface area contributed by atoms with Crippen LogP contribution in [-0.4, -0.2) is 36.4 Å². The van der Waals surface area contributed by atoms with Gasteiger partial charge in [0.15, 0.2) is 0 Å². The molecule has 0 saturated heterocycles. The van der Waals surface area contributed by atoms with Crippen LogP contribution >= 0.6 is 11.3 Å². The van der Waals surface area contributed by atoms with Crippen LogP contribution < -0.4 is 14.8 Å². The molecule has 7 heteroatoms. The molecule has 1 aromatic carbocycles. The molecule has 0 atom stereocenters. The number of nitrogens with one attached hydrogen (secondary N) is 1. The van der Waals surface area contributed by atoms with E-state index in [9.17, 15) is 4.79 Å². The number of carbonyl (C=O) groups excluding carboxylic acids is 1. The Kier molecular flexibility index (Phi) is 6.16. The van der Waals surface area contributed by atoms with Crippen molar-refractivity contribution in [1.29, 1.82) is 0 Å². The third-order valence-corrected chi connectivity index (χ3v) is 4.49. The van der Waals surface area contributed by atoms with Crippen molar-refractivity contribution in [2.45, 2.75) is 6.42 Å². The van der Waals surface area contributed by atoms with E-state index in [1.54, 1.807) is 24.5 Å². The van der Waals surface area contributed by atoms with Gasteiger partial charge in [-0.1, -0.05) is 6.07 Å². The van der Waals surface area contributed by atoms with Crippen molar-refractivity contribution in [3.63, 3.8) is 0 Å². The molecule has 0 aliphatic rings. The molecule has 0 bridgehead atoms. The van der Waals surface area contributed by atoms with Crippen LogP contribution in [0.5, 0.6) is 11.6 Å². The number of ether oxygens (including phenoxy) is 2. The van der Waals surface area contributed by atoms with Crippen LogP contribution in [-0.2, 0) is 11.2 Å². The third-order valence-electron chi connectivity index (χ3n) is 3.61. The number of hydrogen-bond donors (Lipinski definition) is 1. The second-order valence-corrected chi connectivity index (χ2v) is 6.47. The Morgan fingerprint density at radius 1 is 1.12 bits per heavy atom. The van der Waals surface area contributed by atoms with Gasteiger partial charge in [-0.25, -0.2) is 0 Å². The molecule has 0 aliphatic carbocycles. The number of benzene rings is 1. The fraction of sp³-hybridized carbons (Fsp3) is 0.211. The highest BCUT2D eigenvalue weighted by molar-refractivity contribution is 7.10. The summed E-state index contributed by atoms with van der Waals surface area (Å²) in [7, 11) is 1.63. The molecular formula is C19H19N3O3S. The minimum Gasteiger partial charge on any atom is -0.497 e. The quantitative estimate of drug-likeness (QED) is 0.618. The van der Waals surface area contributed by atoms with E-state index in [4.69, 9.17) is 9.47 Å². The summed E-state index contributed by atoms with van der Waals surface area (Å²) in [6.07, 6.45) is 0.397. The smallest absolute Gasteiger partial charge is 0.233 e. The highest BCUT2D eigenvalue weighted by Gasteiger charge is 2.05. The molecule has 0 unspecified atom stereocenters. The SMILES string of the molecule is COc1ccc(-c2ccc(OCCNC(=O)Cc3cccs3)nn2)cc1. The van der Waals surface area contributed by atoms with Crippen LogP contribution in [0.4, 0.5) is 0 Å². The Morgan fingerprint density at radius 3 is 2.62 bits per heavy atom. The van der Waals surface area contributed by atoms with Crippen LogP contribution in [0.3, 0.4) is 0 Å². The molecule has 134 valence electrons. The van der Waals surface area contributed by atoms with E-state index < -0.39 is 0 Å². The molecule has 0 aliphatic heterocycles. The first kappa shape index (κ1) is 17.9. The zero-order valence-electron chi connectivity index (χ0n) is 14.3. The number of nitrogens with zero attached hydrogens (tertiary/aromatic N) is 2. The van der Waals surface area contributed by atoms with Crippen LogP contribution in [0, 0.1) is 0 Å². The molecule has 2 aromatic heterocycles. The highest BCUT2D eigenvalue weighted by Crippen LogP contribution is 2.20. The summed E-state index contributed by atoms with van der Waals surface area (Å²) in [4.78, 5) is 12.8. The number of carbonyl (C=O) groups is 1. The minimum atomic E-state index is -0.0167. The van der Waals surface area contributed by atoms with Crippen molar-refractivity contribution < 1.29 is 14.3 Å². The zero-order valence-corrected chi connectivity index (χ0v) is 15.2. The Labute approximate surface area is 155 Å². The summed E-state index contributed by atoms with van der Waals surface area (Å²) in [5.41, 5.74) is 1.70. The molecule has 0 radical (unpaired) electrons. The number of methoxy groups -OCH3 is 1. The number of thiophene rings is 1.